The fourth-order valence-electron chi connectivity index (χ4n) is 2.92. The van der Waals surface area contributed by atoms with Crippen LogP contribution in [0.3, 0.4) is 0 Å². The first-order valence-corrected chi connectivity index (χ1v) is 8.77. The molecule has 0 saturated heterocycles. The minimum Gasteiger partial charge on any atom is -0.336 e. The Bertz CT molecular complexity index is 841. The Morgan fingerprint density at radius 3 is 2.92 bits per heavy atom. The molecule has 0 amide bonds. The minimum absolute atomic E-state index is 0.662. The number of anilines is 1. The van der Waals surface area contributed by atoms with Gasteiger partial charge in [0.15, 0.2) is 22.2 Å². The van der Waals surface area contributed by atoms with Crippen molar-refractivity contribution in [3.8, 4) is 23.0 Å². The number of H-pyrrole nitrogens is 1. The average molecular weight is 389 g/mol. The van der Waals surface area contributed by atoms with Crippen molar-refractivity contribution < 1.29 is 0 Å². The van der Waals surface area contributed by atoms with Crippen LogP contribution in [0.2, 0.25) is 0 Å². The van der Waals surface area contributed by atoms with E-state index in [4.69, 9.17) is 0 Å². The van der Waals surface area contributed by atoms with Crippen LogP contribution in [0.5, 0.6) is 0 Å². The summed E-state index contributed by atoms with van der Waals surface area (Å²) in [6.45, 7) is 3.81. The number of halogens is 1. The maximum absolute atomic E-state index is 4.57. The maximum Gasteiger partial charge on any atom is 0.186 e. The first-order valence-electron chi connectivity index (χ1n) is 7.98. The molecule has 0 unspecified atom stereocenters. The molecular weight excluding hydrogens is 372 g/mol. The van der Waals surface area contributed by atoms with Crippen molar-refractivity contribution in [2.75, 3.05) is 11.4 Å². The number of nitrogens with zero attached hydrogens (tertiary/aromatic N) is 7. The van der Waals surface area contributed by atoms with Gasteiger partial charge in [-0.25, -0.2) is 15.0 Å². The number of hydrogen-bond acceptors (Lipinski definition) is 6. The fraction of sp³-hybridized carbons (Fsp3) is 0.400. The second kappa shape index (κ2) is 6.31. The molecule has 8 nitrogen and oxygen atoms in total. The standard InChI is InChI=1S/C15H17BrN8/c1-2-3-4-7-23-9-24-12(10-5-6-17-8-18-10)21-22-14(24)11-13(23)20-15(16)19-11/h5-6,8H,2-4,7,9H2,1H3,(H,19,20). The van der Waals surface area contributed by atoms with Gasteiger partial charge in [-0.15, -0.1) is 10.2 Å². The second-order valence-corrected chi connectivity index (χ2v) is 6.46. The number of rotatable bonds is 5. The third-order valence-electron chi connectivity index (χ3n) is 4.08. The molecule has 0 spiro atoms. The summed E-state index contributed by atoms with van der Waals surface area (Å²) in [5.41, 5.74) is 1.65. The highest BCUT2D eigenvalue weighted by Gasteiger charge is 2.30. The van der Waals surface area contributed by atoms with Crippen LogP contribution in [0.1, 0.15) is 26.2 Å². The first-order chi connectivity index (χ1) is 11.8. The predicted octanol–water partition coefficient (Wildman–Crippen LogP) is 2.86. The zero-order valence-electron chi connectivity index (χ0n) is 13.3. The van der Waals surface area contributed by atoms with Gasteiger partial charge in [0.05, 0.1) is 6.67 Å². The lowest BCUT2D eigenvalue weighted by Crippen LogP contribution is -2.32. The monoisotopic (exact) mass is 388 g/mol. The summed E-state index contributed by atoms with van der Waals surface area (Å²) in [6, 6.07) is 1.84. The molecule has 0 bridgehead atoms. The van der Waals surface area contributed by atoms with E-state index < -0.39 is 0 Å². The molecule has 3 aromatic heterocycles. The summed E-state index contributed by atoms with van der Waals surface area (Å²) in [6.07, 6.45) is 6.75. The number of aromatic nitrogens is 7. The van der Waals surface area contributed by atoms with E-state index >= 15 is 0 Å². The van der Waals surface area contributed by atoms with E-state index in [-0.39, 0.29) is 0 Å². The summed E-state index contributed by atoms with van der Waals surface area (Å²) < 4.78 is 2.77. The highest BCUT2D eigenvalue weighted by molar-refractivity contribution is 9.10. The van der Waals surface area contributed by atoms with Crippen LogP contribution < -0.4 is 4.90 Å². The van der Waals surface area contributed by atoms with Crippen LogP contribution in [0.25, 0.3) is 23.0 Å². The number of imidazole rings is 1. The highest BCUT2D eigenvalue weighted by Crippen LogP contribution is 2.36. The van der Waals surface area contributed by atoms with Gasteiger partial charge >= 0.3 is 0 Å². The quantitative estimate of drug-likeness (QED) is 0.675. The van der Waals surface area contributed by atoms with Crippen LogP contribution in [0, 0.1) is 0 Å². The second-order valence-electron chi connectivity index (χ2n) is 5.71. The van der Waals surface area contributed by atoms with Crippen LogP contribution in [-0.4, -0.2) is 41.2 Å². The van der Waals surface area contributed by atoms with Crippen LogP contribution in [0.4, 0.5) is 5.82 Å². The zero-order valence-corrected chi connectivity index (χ0v) is 14.9. The van der Waals surface area contributed by atoms with Crippen LogP contribution in [0.15, 0.2) is 23.3 Å². The molecule has 0 aromatic carbocycles. The van der Waals surface area contributed by atoms with Gasteiger partial charge in [-0.1, -0.05) is 19.8 Å². The van der Waals surface area contributed by atoms with Crippen molar-refractivity contribution in [1.82, 2.24) is 34.7 Å². The number of unbranched alkanes of at least 4 members (excludes halogenated alkanes) is 2. The SMILES string of the molecule is CCCCCN1Cn2c(-c3ccncn3)nnc2-c2[nH]c(Br)nc21. The summed E-state index contributed by atoms with van der Waals surface area (Å²) in [5.74, 6) is 2.44. The van der Waals surface area contributed by atoms with E-state index in [0.717, 1.165) is 41.8 Å². The molecule has 4 heterocycles. The molecule has 124 valence electrons. The Morgan fingerprint density at radius 1 is 1.25 bits per heavy atom. The van der Waals surface area contributed by atoms with Gasteiger partial charge < -0.3 is 9.88 Å². The van der Waals surface area contributed by atoms with Gasteiger partial charge in [-0.3, -0.25) is 4.57 Å². The van der Waals surface area contributed by atoms with E-state index in [1.807, 2.05) is 6.07 Å². The lowest BCUT2D eigenvalue weighted by Gasteiger charge is -2.28. The molecule has 0 aliphatic carbocycles. The van der Waals surface area contributed by atoms with Crippen molar-refractivity contribution in [2.24, 2.45) is 0 Å². The summed E-state index contributed by atoms with van der Waals surface area (Å²) in [4.78, 5) is 18.3. The molecule has 1 aliphatic heterocycles. The summed E-state index contributed by atoms with van der Waals surface area (Å²) in [5, 5.41) is 8.69. The van der Waals surface area contributed by atoms with E-state index in [2.05, 4.69) is 62.5 Å². The van der Waals surface area contributed by atoms with E-state index in [1.54, 1.807) is 6.20 Å². The molecule has 1 N–H and O–H groups in total. The predicted molar refractivity (Wildman–Crippen MR) is 93.2 cm³/mol. The third kappa shape index (κ3) is 2.58. The van der Waals surface area contributed by atoms with Gasteiger partial charge in [0.1, 0.15) is 17.7 Å². The Balaban J connectivity index is 1.75. The normalized spacial score (nSPS) is 13.0. The molecule has 9 heteroatoms. The Hall–Kier alpha value is -2.29. The third-order valence-corrected chi connectivity index (χ3v) is 4.46. The minimum atomic E-state index is 0.662. The molecule has 0 atom stereocenters. The smallest absolute Gasteiger partial charge is 0.186 e. The summed E-state index contributed by atoms with van der Waals surface area (Å²) in [7, 11) is 0. The van der Waals surface area contributed by atoms with E-state index in [9.17, 15) is 0 Å². The number of aromatic amines is 1. The molecule has 0 fully saturated rings. The molecule has 4 rings (SSSR count). The number of hydrogen-bond donors (Lipinski definition) is 1. The topological polar surface area (TPSA) is 88.4 Å². The van der Waals surface area contributed by atoms with Crippen LogP contribution in [-0.2, 0) is 6.67 Å². The lowest BCUT2D eigenvalue weighted by molar-refractivity contribution is 0.591. The van der Waals surface area contributed by atoms with Crippen molar-refractivity contribution in [1.29, 1.82) is 0 Å². The van der Waals surface area contributed by atoms with Gasteiger partial charge in [-0.05, 0) is 28.4 Å². The van der Waals surface area contributed by atoms with Crippen molar-refractivity contribution >= 4 is 21.7 Å². The average Bonchev–Trinajstić information content (AvgIpc) is 3.19. The van der Waals surface area contributed by atoms with Crippen LogP contribution >= 0.6 is 15.9 Å². The summed E-state index contributed by atoms with van der Waals surface area (Å²) >= 11 is 3.43. The van der Waals surface area contributed by atoms with Gasteiger partial charge in [-0.2, -0.15) is 0 Å². The Labute approximate surface area is 147 Å². The maximum atomic E-state index is 4.57. The van der Waals surface area contributed by atoms with Crippen molar-refractivity contribution in [2.45, 2.75) is 32.9 Å². The first kappa shape index (κ1) is 15.3. The number of nitrogens with one attached hydrogen (secondary N) is 1. The Morgan fingerprint density at radius 2 is 2.12 bits per heavy atom. The highest BCUT2D eigenvalue weighted by atomic mass is 79.9. The van der Waals surface area contributed by atoms with E-state index in [1.165, 1.54) is 19.2 Å². The van der Waals surface area contributed by atoms with Gasteiger partial charge in [0.2, 0.25) is 0 Å². The molecule has 1 aliphatic rings. The molecule has 0 saturated carbocycles. The lowest BCUT2D eigenvalue weighted by atomic mass is 10.2. The van der Waals surface area contributed by atoms with Gasteiger partial charge in [0, 0.05) is 12.7 Å². The van der Waals surface area contributed by atoms with Gasteiger partial charge in [0.25, 0.3) is 0 Å². The van der Waals surface area contributed by atoms with Crippen molar-refractivity contribution in [3.63, 3.8) is 0 Å². The van der Waals surface area contributed by atoms with Crippen molar-refractivity contribution in [3.05, 3.63) is 23.3 Å². The largest absolute Gasteiger partial charge is 0.336 e. The van der Waals surface area contributed by atoms with E-state index in [0.29, 0.717) is 11.4 Å². The fourth-order valence-corrected chi connectivity index (χ4v) is 3.29. The Kier molecular flexibility index (Phi) is 4.01. The molecule has 24 heavy (non-hydrogen) atoms. The zero-order chi connectivity index (χ0) is 16.5. The molecular formula is C15H17BrN8. The molecule has 3 aromatic rings. The number of fused-ring (bicyclic) bond motifs is 3. The molecule has 0 radical (unpaired) electrons.